The SMILES string of the molecule is CCc1ccc(C(=O)O)c2c1cnn2C. The number of benzene rings is 1. The van der Waals surface area contributed by atoms with Crippen LogP contribution in [0.5, 0.6) is 0 Å². The summed E-state index contributed by atoms with van der Waals surface area (Å²) < 4.78 is 1.61. The molecule has 0 radical (unpaired) electrons. The van der Waals surface area contributed by atoms with E-state index >= 15 is 0 Å². The van der Waals surface area contributed by atoms with E-state index in [1.807, 2.05) is 13.0 Å². The lowest BCUT2D eigenvalue weighted by molar-refractivity contribution is 0.0698. The van der Waals surface area contributed by atoms with Crippen LogP contribution < -0.4 is 0 Å². The van der Waals surface area contributed by atoms with E-state index in [1.165, 1.54) is 0 Å². The maximum absolute atomic E-state index is 11.0. The van der Waals surface area contributed by atoms with Crippen molar-refractivity contribution in [2.24, 2.45) is 7.05 Å². The first kappa shape index (κ1) is 9.71. The summed E-state index contributed by atoms with van der Waals surface area (Å²) in [4.78, 5) is 11.0. The van der Waals surface area contributed by atoms with Crippen LogP contribution >= 0.6 is 0 Å². The van der Waals surface area contributed by atoms with Crippen LogP contribution in [0.4, 0.5) is 0 Å². The maximum atomic E-state index is 11.0. The summed E-state index contributed by atoms with van der Waals surface area (Å²) in [5.74, 6) is -0.911. The highest BCUT2D eigenvalue weighted by Gasteiger charge is 2.13. The predicted octanol–water partition coefficient (Wildman–Crippen LogP) is 1.83. The molecule has 2 rings (SSSR count). The van der Waals surface area contributed by atoms with Crippen LogP contribution in [0.15, 0.2) is 18.3 Å². The van der Waals surface area contributed by atoms with Crippen LogP contribution in [-0.4, -0.2) is 20.9 Å². The molecule has 4 heteroatoms. The van der Waals surface area contributed by atoms with Crippen LogP contribution in [-0.2, 0) is 13.5 Å². The molecule has 1 aromatic carbocycles. The molecule has 0 spiro atoms. The molecule has 0 saturated carbocycles. The Labute approximate surface area is 87.1 Å². The number of carbonyl (C=O) groups is 1. The number of hydrogen-bond acceptors (Lipinski definition) is 2. The van der Waals surface area contributed by atoms with Crippen LogP contribution in [0, 0.1) is 0 Å². The van der Waals surface area contributed by atoms with Gasteiger partial charge in [-0.15, -0.1) is 0 Å². The standard InChI is InChI=1S/C11H12N2O2/c1-3-7-4-5-8(11(14)15)10-9(7)6-12-13(10)2/h4-6H,3H2,1-2H3,(H,14,15). The van der Waals surface area contributed by atoms with E-state index in [9.17, 15) is 4.79 Å². The maximum Gasteiger partial charge on any atom is 0.337 e. The number of carboxylic acids is 1. The van der Waals surface area contributed by atoms with Gasteiger partial charge in [-0.3, -0.25) is 4.68 Å². The van der Waals surface area contributed by atoms with Gasteiger partial charge in [0.2, 0.25) is 0 Å². The van der Waals surface area contributed by atoms with Gasteiger partial charge in [-0.05, 0) is 18.1 Å². The predicted molar refractivity (Wildman–Crippen MR) is 57.1 cm³/mol. The summed E-state index contributed by atoms with van der Waals surface area (Å²) in [5.41, 5.74) is 2.13. The third-order valence-corrected chi connectivity index (χ3v) is 2.60. The third kappa shape index (κ3) is 1.38. The lowest BCUT2D eigenvalue weighted by atomic mass is 10.0. The van der Waals surface area contributed by atoms with Gasteiger partial charge < -0.3 is 5.11 Å². The molecule has 0 aliphatic carbocycles. The van der Waals surface area contributed by atoms with Gasteiger partial charge in [-0.2, -0.15) is 5.10 Å². The van der Waals surface area contributed by atoms with Crippen molar-refractivity contribution in [1.29, 1.82) is 0 Å². The lowest BCUT2D eigenvalue weighted by Crippen LogP contribution is -2.02. The van der Waals surface area contributed by atoms with Crippen LogP contribution in [0.1, 0.15) is 22.8 Å². The first-order valence-corrected chi connectivity index (χ1v) is 4.82. The van der Waals surface area contributed by atoms with Crippen molar-refractivity contribution in [1.82, 2.24) is 9.78 Å². The van der Waals surface area contributed by atoms with Crippen molar-refractivity contribution >= 4 is 16.9 Å². The molecule has 2 aromatic rings. The first-order chi connectivity index (χ1) is 7.15. The molecule has 0 saturated heterocycles. The zero-order valence-corrected chi connectivity index (χ0v) is 8.69. The second-order valence-electron chi connectivity index (χ2n) is 3.46. The summed E-state index contributed by atoms with van der Waals surface area (Å²) in [7, 11) is 1.76. The van der Waals surface area contributed by atoms with Crippen molar-refractivity contribution in [2.45, 2.75) is 13.3 Å². The Morgan fingerprint density at radius 1 is 1.53 bits per heavy atom. The van der Waals surface area contributed by atoms with E-state index in [0.717, 1.165) is 17.4 Å². The Kier molecular flexibility index (Phi) is 2.19. The summed E-state index contributed by atoms with van der Waals surface area (Å²) in [6.45, 7) is 2.04. The second kappa shape index (κ2) is 3.38. The Bertz CT molecular complexity index is 529. The summed E-state index contributed by atoms with van der Waals surface area (Å²) in [6, 6.07) is 3.50. The van der Waals surface area contributed by atoms with Crippen molar-refractivity contribution in [3.63, 3.8) is 0 Å². The van der Waals surface area contributed by atoms with Gasteiger partial charge in [-0.1, -0.05) is 13.0 Å². The topological polar surface area (TPSA) is 55.1 Å². The minimum Gasteiger partial charge on any atom is -0.478 e. The van der Waals surface area contributed by atoms with E-state index in [1.54, 1.807) is 24.0 Å². The van der Waals surface area contributed by atoms with Crippen LogP contribution in [0.2, 0.25) is 0 Å². The second-order valence-corrected chi connectivity index (χ2v) is 3.46. The third-order valence-electron chi connectivity index (χ3n) is 2.60. The molecule has 1 N–H and O–H groups in total. The van der Waals surface area contributed by atoms with Gasteiger partial charge in [0.15, 0.2) is 0 Å². The van der Waals surface area contributed by atoms with Crippen molar-refractivity contribution in [3.05, 3.63) is 29.5 Å². The monoisotopic (exact) mass is 204 g/mol. The molecule has 15 heavy (non-hydrogen) atoms. The number of carboxylic acid groups (broad SMARTS) is 1. The summed E-state index contributed by atoms with van der Waals surface area (Å²) >= 11 is 0. The molecule has 0 amide bonds. The van der Waals surface area contributed by atoms with E-state index in [0.29, 0.717) is 11.1 Å². The van der Waals surface area contributed by atoms with Gasteiger partial charge in [0.1, 0.15) is 0 Å². The number of aryl methyl sites for hydroxylation is 2. The minimum atomic E-state index is -0.911. The van der Waals surface area contributed by atoms with Crippen LogP contribution in [0.3, 0.4) is 0 Å². The van der Waals surface area contributed by atoms with Crippen molar-refractivity contribution in [3.8, 4) is 0 Å². The highest BCUT2D eigenvalue weighted by Crippen LogP contribution is 2.22. The average Bonchev–Trinajstić information content (AvgIpc) is 2.60. The number of fused-ring (bicyclic) bond motifs is 1. The zero-order chi connectivity index (χ0) is 11.0. The highest BCUT2D eigenvalue weighted by molar-refractivity contribution is 6.02. The minimum absolute atomic E-state index is 0.308. The number of aromatic carboxylic acids is 1. The zero-order valence-electron chi connectivity index (χ0n) is 8.69. The normalized spacial score (nSPS) is 10.8. The Morgan fingerprint density at radius 3 is 2.87 bits per heavy atom. The van der Waals surface area contributed by atoms with Gasteiger partial charge in [0, 0.05) is 12.4 Å². The Hall–Kier alpha value is -1.84. The number of rotatable bonds is 2. The molecule has 78 valence electrons. The quantitative estimate of drug-likeness (QED) is 0.812. The molecule has 0 unspecified atom stereocenters. The molecule has 1 heterocycles. The summed E-state index contributed by atoms with van der Waals surface area (Å²) in [5, 5.41) is 14.1. The van der Waals surface area contributed by atoms with E-state index in [2.05, 4.69) is 5.10 Å². The first-order valence-electron chi connectivity index (χ1n) is 4.82. The fourth-order valence-corrected chi connectivity index (χ4v) is 1.83. The fraction of sp³-hybridized carbons (Fsp3) is 0.273. The average molecular weight is 204 g/mol. The van der Waals surface area contributed by atoms with E-state index in [4.69, 9.17) is 5.11 Å². The molecule has 0 aliphatic heterocycles. The van der Waals surface area contributed by atoms with Crippen LogP contribution in [0.25, 0.3) is 10.9 Å². The van der Waals surface area contributed by atoms with E-state index in [-0.39, 0.29) is 0 Å². The van der Waals surface area contributed by atoms with Gasteiger partial charge in [0.05, 0.1) is 17.3 Å². The molecule has 0 fully saturated rings. The Morgan fingerprint density at radius 2 is 2.27 bits per heavy atom. The number of hydrogen-bond donors (Lipinski definition) is 1. The number of nitrogens with zero attached hydrogens (tertiary/aromatic N) is 2. The van der Waals surface area contributed by atoms with Gasteiger partial charge in [-0.25, -0.2) is 4.79 Å². The fourth-order valence-electron chi connectivity index (χ4n) is 1.83. The molecule has 4 nitrogen and oxygen atoms in total. The lowest BCUT2D eigenvalue weighted by Gasteiger charge is -2.03. The molecular formula is C11H12N2O2. The van der Waals surface area contributed by atoms with Gasteiger partial charge >= 0.3 is 5.97 Å². The Balaban J connectivity index is 2.86. The molecule has 1 aromatic heterocycles. The molecular weight excluding hydrogens is 192 g/mol. The summed E-state index contributed by atoms with van der Waals surface area (Å²) in [6.07, 6.45) is 2.60. The molecule has 0 bridgehead atoms. The molecule has 0 aliphatic rings. The van der Waals surface area contributed by atoms with E-state index < -0.39 is 5.97 Å². The largest absolute Gasteiger partial charge is 0.478 e. The molecule has 0 atom stereocenters. The van der Waals surface area contributed by atoms with Crippen molar-refractivity contribution < 1.29 is 9.90 Å². The highest BCUT2D eigenvalue weighted by atomic mass is 16.4. The number of aromatic nitrogens is 2. The van der Waals surface area contributed by atoms with Crippen molar-refractivity contribution in [2.75, 3.05) is 0 Å². The smallest absolute Gasteiger partial charge is 0.337 e. The van der Waals surface area contributed by atoms with Gasteiger partial charge in [0.25, 0.3) is 0 Å².